The monoisotopic (exact) mass is 402 g/mol. The van der Waals surface area contributed by atoms with Gasteiger partial charge in [0.25, 0.3) is 5.91 Å². The van der Waals surface area contributed by atoms with Gasteiger partial charge in [-0.2, -0.15) is 10.1 Å². The van der Waals surface area contributed by atoms with E-state index in [0.717, 1.165) is 36.9 Å². The van der Waals surface area contributed by atoms with E-state index < -0.39 is 5.79 Å². The fraction of sp³-hybridized carbons (Fsp3) is 0.773. The largest absolute Gasteiger partial charge is 0.366 e. The fourth-order valence-electron chi connectivity index (χ4n) is 6.04. The highest BCUT2D eigenvalue weighted by Crippen LogP contribution is 2.62. The smallest absolute Gasteiger partial charge is 0.297 e. The molecule has 1 unspecified atom stereocenters. The molecule has 2 atom stereocenters. The van der Waals surface area contributed by atoms with Gasteiger partial charge in [0.2, 0.25) is 0 Å². The van der Waals surface area contributed by atoms with Gasteiger partial charge >= 0.3 is 0 Å². The van der Waals surface area contributed by atoms with E-state index in [9.17, 15) is 4.79 Å². The molecule has 7 heteroatoms. The van der Waals surface area contributed by atoms with Gasteiger partial charge in [-0.05, 0) is 32.1 Å². The molecular weight excluding hydrogens is 368 g/mol. The number of aromatic nitrogens is 2. The van der Waals surface area contributed by atoms with E-state index in [0.29, 0.717) is 30.7 Å². The number of aliphatic imine (C=N–C) groups is 1. The number of nitrogens with zero attached hydrogens (tertiary/aromatic N) is 4. The molecule has 2 aliphatic carbocycles. The number of fused-ring (bicyclic) bond motifs is 3. The number of carbonyl (C=O) groups is 1. The fourth-order valence-corrected chi connectivity index (χ4v) is 6.04. The summed E-state index contributed by atoms with van der Waals surface area (Å²) in [5.41, 5.74) is 2.54. The molecule has 3 aliphatic rings. The van der Waals surface area contributed by atoms with Crippen molar-refractivity contribution >= 4 is 11.7 Å². The van der Waals surface area contributed by atoms with Crippen LogP contribution in [0, 0.1) is 11.3 Å². The Morgan fingerprint density at radius 1 is 1.21 bits per heavy atom. The Labute approximate surface area is 173 Å². The summed E-state index contributed by atoms with van der Waals surface area (Å²) in [6, 6.07) is 0. The van der Waals surface area contributed by atoms with Crippen LogP contribution in [0.1, 0.15) is 68.7 Å². The molecule has 0 aromatic carbocycles. The lowest BCUT2D eigenvalue weighted by Crippen LogP contribution is -2.61. The summed E-state index contributed by atoms with van der Waals surface area (Å²) >= 11 is 0. The summed E-state index contributed by atoms with van der Waals surface area (Å²) in [6.45, 7) is 10.1. The molecule has 160 valence electrons. The average molecular weight is 403 g/mol. The molecule has 1 aromatic heterocycles. The minimum absolute atomic E-state index is 0.103. The van der Waals surface area contributed by atoms with E-state index in [-0.39, 0.29) is 16.7 Å². The van der Waals surface area contributed by atoms with Crippen molar-refractivity contribution in [2.75, 3.05) is 27.3 Å². The quantitative estimate of drug-likeness (QED) is 0.534. The first kappa shape index (κ1) is 20.5. The Kier molecular flexibility index (Phi) is 4.70. The topological polar surface area (TPSA) is 69.0 Å². The molecule has 1 saturated carbocycles. The molecule has 1 amide bonds. The van der Waals surface area contributed by atoms with Crippen molar-refractivity contribution in [3.8, 4) is 0 Å². The van der Waals surface area contributed by atoms with Crippen molar-refractivity contribution in [1.82, 2.24) is 14.7 Å². The average Bonchev–Trinajstić information content (AvgIpc) is 3.24. The summed E-state index contributed by atoms with van der Waals surface area (Å²) in [7, 11) is 5.65. The predicted octanol–water partition coefficient (Wildman–Crippen LogP) is 2.92. The first-order chi connectivity index (χ1) is 13.5. The number of ether oxygens (including phenoxy) is 2. The van der Waals surface area contributed by atoms with Crippen LogP contribution in [0.3, 0.4) is 0 Å². The number of amidine groups is 1. The molecule has 7 nitrogen and oxygen atoms in total. The second-order valence-corrected chi connectivity index (χ2v) is 9.84. The summed E-state index contributed by atoms with van der Waals surface area (Å²) in [4.78, 5) is 19.1. The van der Waals surface area contributed by atoms with Gasteiger partial charge in [0.05, 0.1) is 18.9 Å². The number of carbonyl (C=O) groups excluding carboxylic acids is 1. The molecule has 0 bridgehead atoms. The van der Waals surface area contributed by atoms with Crippen molar-refractivity contribution in [2.45, 2.75) is 64.6 Å². The van der Waals surface area contributed by atoms with Crippen molar-refractivity contribution < 1.29 is 14.3 Å². The number of rotatable bonds is 1. The Morgan fingerprint density at radius 3 is 2.48 bits per heavy atom. The Morgan fingerprint density at radius 2 is 1.86 bits per heavy atom. The molecule has 2 heterocycles. The van der Waals surface area contributed by atoms with Crippen LogP contribution in [0.25, 0.3) is 0 Å². The van der Waals surface area contributed by atoms with Crippen LogP contribution in [0.5, 0.6) is 0 Å². The molecule has 0 N–H and O–H groups in total. The summed E-state index contributed by atoms with van der Waals surface area (Å²) < 4.78 is 14.1. The molecule has 1 aliphatic heterocycles. The first-order valence-corrected chi connectivity index (χ1v) is 10.6. The van der Waals surface area contributed by atoms with E-state index in [1.54, 1.807) is 4.68 Å². The van der Waals surface area contributed by atoms with Gasteiger partial charge in [0.15, 0.2) is 5.79 Å². The molecule has 1 aromatic rings. The molecule has 1 saturated heterocycles. The molecule has 29 heavy (non-hydrogen) atoms. The maximum Gasteiger partial charge on any atom is 0.297 e. The maximum absolute atomic E-state index is 13.0. The van der Waals surface area contributed by atoms with Crippen LogP contribution in [0.2, 0.25) is 0 Å². The minimum atomic E-state index is -0.491. The van der Waals surface area contributed by atoms with Gasteiger partial charge < -0.3 is 14.4 Å². The predicted molar refractivity (Wildman–Crippen MR) is 111 cm³/mol. The number of aryl methyl sites for hydroxylation is 1. The highest BCUT2D eigenvalue weighted by molar-refractivity contribution is 6.02. The standard InChI is InChI=1S/C22H34N4O3/c1-14(25(5)6)23-19(27)17-15-8-9-16-20(2,3)22(28-12-13-29-22)11-10-21(16,4)18(15)24-26(17)7/h16H,8-13H2,1-7H3/b23-14+/t16-,21?/m0/s1. The molecule has 0 radical (unpaired) electrons. The van der Waals surface area contributed by atoms with Crippen LogP contribution in [0.15, 0.2) is 4.99 Å². The maximum atomic E-state index is 13.0. The van der Waals surface area contributed by atoms with E-state index in [4.69, 9.17) is 14.6 Å². The normalized spacial score (nSPS) is 30.2. The zero-order valence-corrected chi connectivity index (χ0v) is 18.8. The van der Waals surface area contributed by atoms with Crippen LogP contribution in [0.4, 0.5) is 0 Å². The third-order valence-electron chi connectivity index (χ3n) is 7.83. The van der Waals surface area contributed by atoms with Crippen LogP contribution in [-0.4, -0.2) is 59.5 Å². The van der Waals surface area contributed by atoms with Gasteiger partial charge in [-0.3, -0.25) is 9.48 Å². The minimum Gasteiger partial charge on any atom is -0.366 e. The zero-order chi connectivity index (χ0) is 21.2. The highest BCUT2D eigenvalue weighted by Gasteiger charge is 2.64. The van der Waals surface area contributed by atoms with Gasteiger partial charge in [0.1, 0.15) is 11.5 Å². The SMILES string of the molecule is C/C(=N\C(=O)c1c2c(nn1C)C1(C)CCC3(OCCO3)C(C)(C)[C@@H]1CC2)N(C)C. The van der Waals surface area contributed by atoms with Gasteiger partial charge in [-0.1, -0.05) is 20.8 Å². The van der Waals surface area contributed by atoms with Gasteiger partial charge in [-0.15, -0.1) is 0 Å². The second kappa shape index (κ2) is 6.64. The molecular formula is C22H34N4O3. The first-order valence-electron chi connectivity index (χ1n) is 10.6. The summed E-state index contributed by atoms with van der Waals surface area (Å²) in [5.74, 6) is 0.374. The number of amides is 1. The lowest BCUT2D eigenvalue weighted by Gasteiger charge is -2.59. The van der Waals surface area contributed by atoms with E-state index in [2.05, 4.69) is 25.8 Å². The van der Waals surface area contributed by atoms with Crippen molar-refractivity contribution in [1.29, 1.82) is 0 Å². The molecule has 1 spiro atoms. The van der Waals surface area contributed by atoms with Gasteiger partial charge in [-0.25, -0.2) is 0 Å². The Hall–Kier alpha value is -1.73. The third kappa shape index (κ3) is 2.81. The summed E-state index contributed by atoms with van der Waals surface area (Å²) in [5, 5.41) is 4.89. The van der Waals surface area contributed by atoms with Crippen LogP contribution >= 0.6 is 0 Å². The van der Waals surface area contributed by atoms with Gasteiger partial charge in [0, 0.05) is 44.0 Å². The lowest BCUT2D eigenvalue weighted by atomic mass is 9.49. The van der Waals surface area contributed by atoms with Crippen molar-refractivity contribution in [3.63, 3.8) is 0 Å². The third-order valence-corrected chi connectivity index (χ3v) is 7.83. The Bertz CT molecular complexity index is 864. The summed E-state index contributed by atoms with van der Waals surface area (Å²) in [6.07, 6.45) is 3.62. The molecule has 4 rings (SSSR count). The van der Waals surface area contributed by atoms with E-state index in [1.165, 1.54) is 0 Å². The van der Waals surface area contributed by atoms with Crippen molar-refractivity contribution in [3.05, 3.63) is 17.0 Å². The lowest BCUT2D eigenvalue weighted by molar-refractivity contribution is -0.276. The van der Waals surface area contributed by atoms with E-state index >= 15 is 0 Å². The molecule has 2 fully saturated rings. The highest BCUT2D eigenvalue weighted by atomic mass is 16.7. The van der Waals surface area contributed by atoms with Crippen LogP contribution < -0.4 is 0 Å². The number of hydrogen-bond donors (Lipinski definition) is 0. The van der Waals surface area contributed by atoms with Crippen LogP contribution in [-0.2, 0) is 28.4 Å². The number of hydrogen-bond acceptors (Lipinski definition) is 4. The second-order valence-electron chi connectivity index (χ2n) is 9.84. The Balaban J connectivity index is 1.75. The zero-order valence-electron chi connectivity index (χ0n) is 18.8. The van der Waals surface area contributed by atoms with Crippen molar-refractivity contribution in [2.24, 2.45) is 23.4 Å². The van der Waals surface area contributed by atoms with E-state index in [1.807, 2.05) is 33.0 Å².